The van der Waals surface area contributed by atoms with E-state index in [2.05, 4.69) is 22.2 Å². The highest BCUT2D eigenvalue weighted by molar-refractivity contribution is 5.79. The quantitative estimate of drug-likeness (QED) is 0.223. The lowest BCUT2D eigenvalue weighted by atomic mass is 10.3. The van der Waals surface area contributed by atoms with E-state index in [1.807, 2.05) is 0 Å². The lowest BCUT2D eigenvalue weighted by molar-refractivity contribution is 0.493. The minimum atomic E-state index is 0.867. The predicted octanol–water partition coefficient (Wildman–Crippen LogP) is 0.702. The highest BCUT2D eigenvalue weighted by Crippen LogP contribution is 2.06. The zero-order valence-electron chi connectivity index (χ0n) is 8.42. The molecule has 76 valence electrons. The van der Waals surface area contributed by atoms with Gasteiger partial charge in [0.1, 0.15) is 0 Å². The van der Waals surface area contributed by atoms with Crippen molar-refractivity contribution in [3.63, 3.8) is 0 Å². The Balaban J connectivity index is 2.35. The summed E-state index contributed by atoms with van der Waals surface area (Å²) in [6.07, 6.45) is 4.84. The van der Waals surface area contributed by atoms with Crippen molar-refractivity contribution in [2.24, 2.45) is 10.8 Å². The molecular weight excluding hydrogens is 164 g/mol. The first kappa shape index (κ1) is 10.3. The Bertz CT molecular complexity index is 161. The summed E-state index contributed by atoms with van der Waals surface area (Å²) in [7, 11) is 0. The standard InChI is InChI=1S/C9H20N4/c1-2-3-6-11-9(12-10)13-7-4-5-8-13/h2-8,10H2,1H3,(H,11,12). The Hall–Kier alpha value is -0.770. The van der Waals surface area contributed by atoms with Gasteiger partial charge in [0, 0.05) is 19.6 Å². The molecule has 0 aliphatic carbocycles. The van der Waals surface area contributed by atoms with Crippen LogP contribution in [0.25, 0.3) is 0 Å². The fourth-order valence-electron chi connectivity index (χ4n) is 1.51. The number of nitrogens with zero attached hydrogens (tertiary/aromatic N) is 2. The summed E-state index contributed by atoms with van der Waals surface area (Å²) in [5, 5.41) is 0. The second kappa shape index (κ2) is 5.80. The molecule has 1 heterocycles. The van der Waals surface area contributed by atoms with Gasteiger partial charge in [0.25, 0.3) is 0 Å². The van der Waals surface area contributed by atoms with Gasteiger partial charge in [0.2, 0.25) is 5.96 Å². The maximum Gasteiger partial charge on any atom is 0.208 e. The molecule has 0 aromatic heterocycles. The Morgan fingerprint density at radius 1 is 1.46 bits per heavy atom. The van der Waals surface area contributed by atoms with Crippen molar-refractivity contribution in [3.05, 3.63) is 0 Å². The van der Waals surface area contributed by atoms with Gasteiger partial charge in [0.15, 0.2) is 0 Å². The monoisotopic (exact) mass is 184 g/mol. The molecule has 0 atom stereocenters. The maximum atomic E-state index is 5.41. The van der Waals surface area contributed by atoms with Gasteiger partial charge in [-0.05, 0) is 19.3 Å². The number of hydrazine groups is 1. The number of nitrogens with one attached hydrogen (secondary N) is 1. The molecule has 1 aliphatic rings. The summed E-state index contributed by atoms with van der Waals surface area (Å²) in [4.78, 5) is 6.64. The summed E-state index contributed by atoms with van der Waals surface area (Å²) in [5.74, 6) is 6.28. The zero-order chi connectivity index (χ0) is 9.52. The number of aliphatic imine (C=N–C) groups is 1. The molecule has 0 saturated carbocycles. The fourth-order valence-corrected chi connectivity index (χ4v) is 1.51. The molecular formula is C9H20N4. The number of rotatable bonds is 3. The van der Waals surface area contributed by atoms with Gasteiger partial charge in [-0.3, -0.25) is 10.4 Å². The van der Waals surface area contributed by atoms with E-state index in [0.29, 0.717) is 0 Å². The summed E-state index contributed by atoms with van der Waals surface area (Å²) in [6.45, 7) is 5.23. The van der Waals surface area contributed by atoms with Gasteiger partial charge in [0.05, 0.1) is 0 Å². The molecule has 0 amide bonds. The largest absolute Gasteiger partial charge is 0.342 e. The Morgan fingerprint density at radius 2 is 2.15 bits per heavy atom. The average Bonchev–Trinajstić information content (AvgIpc) is 2.65. The van der Waals surface area contributed by atoms with Crippen LogP contribution in [0, 0.1) is 0 Å². The van der Waals surface area contributed by atoms with E-state index < -0.39 is 0 Å². The fraction of sp³-hybridized carbons (Fsp3) is 0.889. The molecule has 0 spiro atoms. The second-order valence-electron chi connectivity index (χ2n) is 3.40. The Morgan fingerprint density at radius 3 is 2.69 bits per heavy atom. The van der Waals surface area contributed by atoms with Crippen LogP contribution in [0.1, 0.15) is 32.6 Å². The first-order chi connectivity index (χ1) is 6.38. The van der Waals surface area contributed by atoms with Crippen LogP contribution in [0.3, 0.4) is 0 Å². The van der Waals surface area contributed by atoms with Crippen molar-refractivity contribution in [2.75, 3.05) is 19.6 Å². The van der Waals surface area contributed by atoms with Crippen LogP contribution in [0.4, 0.5) is 0 Å². The predicted molar refractivity (Wildman–Crippen MR) is 55.3 cm³/mol. The molecule has 1 fully saturated rings. The van der Waals surface area contributed by atoms with Crippen LogP contribution in [0.2, 0.25) is 0 Å². The van der Waals surface area contributed by atoms with Crippen molar-refractivity contribution in [1.82, 2.24) is 10.3 Å². The average molecular weight is 184 g/mol. The molecule has 1 aliphatic heterocycles. The van der Waals surface area contributed by atoms with Crippen LogP contribution in [0.5, 0.6) is 0 Å². The van der Waals surface area contributed by atoms with Gasteiger partial charge < -0.3 is 4.90 Å². The Kier molecular flexibility index (Phi) is 4.60. The van der Waals surface area contributed by atoms with E-state index in [1.54, 1.807) is 0 Å². The number of nitrogens with two attached hydrogens (primary N) is 1. The summed E-state index contributed by atoms with van der Waals surface area (Å²) in [6, 6.07) is 0. The molecule has 0 bridgehead atoms. The van der Waals surface area contributed by atoms with E-state index in [4.69, 9.17) is 5.84 Å². The molecule has 3 N–H and O–H groups in total. The topological polar surface area (TPSA) is 53.6 Å². The highest BCUT2D eigenvalue weighted by atomic mass is 15.4. The molecule has 4 heteroatoms. The van der Waals surface area contributed by atoms with Crippen LogP contribution in [-0.4, -0.2) is 30.5 Å². The smallest absolute Gasteiger partial charge is 0.208 e. The number of unbranched alkanes of at least 4 members (excludes halogenated alkanes) is 1. The van der Waals surface area contributed by atoms with Crippen LogP contribution in [0.15, 0.2) is 4.99 Å². The van der Waals surface area contributed by atoms with Gasteiger partial charge in [-0.25, -0.2) is 5.84 Å². The molecule has 13 heavy (non-hydrogen) atoms. The van der Waals surface area contributed by atoms with E-state index in [0.717, 1.165) is 32.0 Å². The van der Waals surface area contributed by atoms with Crippen molar-refractivity contribution in [1.29, 1.82) is 0 Å². The van der Waals surface area contributed by atoms with Gasteiger partial charge in [-0.1, -0.05) is 13.3 Å². The van der Waals surface area contributed by atoms with Crippen LogP contribution < -0.4 is 11.3 Å². The van der Waals surface area contributed by atoms with Crippen molar-refractivity contribution < 1.29 is 0 Å². The third kappa shape index (κ3) is 3.22. The molecule has 0 radical (unpaired) electrons. The van der Waals surface area contributed by atoms with Crippen molar-refractivity contribution >= 4 is 5.96 Å². The van der Waals surface area contributed by atoms with E-state index in [9.17, 15) is 0 Å². The number of hydrogen-bond donors (Lipinski definition) is 2. The molecule has 0 aromatic carbocycles. The first-order valence-corrected chi connectivity index (χ1v) is 5.14. The maximum absolute atomic E-state index is 5.41. The number of hydrogen-bond acceptors (Lipinski definition) is 2. The van der Waals surface area contributed by atoms with Crippen LogP contribution >= 0.6 is 0 Å². The summed E-state index contributed by atoms with van der Waals surface area (Å²) < 4.78 is 0. The lowest BCUT2D eigenvalue weighted by Crippen LogP contribution is -2.43. The molecule has 1 saturated heterocycles. The van der Waals surface area contributed by atoms with Gasteiger partial charge in [-0.15, -0.1) is 0 Å². The van der Waals surface area contributed by atoms with E-state index in [1.165, 1.54) is 19.3 Å². The third-order valence-electron chi connectivity index (χ3n) is 2.31. The molecule has 0 unspecified atom stereocenters. The van der Waals surface area contributed by atoms with Gasteiger partial charge >= 0.3 is 0 Å². The zero-order valence-corrected chi connectivity index (χ0v) is 8.42. The molecule has 1 rings (SSSR count). The molecule has 4 nitrogen and oxygen atoms in total. The number of likely N-dealkylation sites (tertiary alicyclic amines) is 1. The lowest BCUT2D eigenvalue weighted by Gasteiger charge is -2.18. The van der Waals surface area contributed by atoms with Crippen molar-refractivity contribution in [3.8, 4) is 0 Å². The third-order valence-corrected chi connectivity index (χ3v) is 2.31. The second-order valence-corrected chi connectivity index (χ2v) is 3.40. The van der Waals surface area contributed by atoms with E-state index in [-0.39, 0.29) is 0 Å². The molecule has 0 aromatic rings. The van der Waals surface area contributed by atoms with Gasteiger partial charge in [-0.2, -0.15) is 0 Å². The normalized spacial score (nSPS) is 18.0. The van der Waals surface area contributed by atoms with Crippen molar-refractivity contribution in [2.45, 2.75) is 32.6 Å². The van der Waals surface area contributed by atoms with E-state index >= 15 is 0 Å². The first-order valence-electron chi connectivity index (χ1n) is 5.14. The highest BCUT2D eigenvalue weighted by Gasteiger charge is 2.14. The number of guanidine groups is 1. The van der Waals surface area contributed by atoms with Crippen LogP contribution in [-0.2, 0) is 0 Å². The summed E-state index contributed by atoms with van der Waals surface area (Å²) in [5.41, 5.74) is 2.68. The summed E-state index contributed by atoms with van der Waals surface area (Å²) >= 11 is 0. The Labute approximate surface area is 80.2 Å². The SMILES string of the molecule is CCCCN=C(NN)N1CCCC1. The minimum absolute atomic E-state index is 0.867. The minimum Gasteiger partial charge on any atom is -0.342 e.